The van der Waals surface area contributed by atoms with Crippen molar-refractivity contribution in [1.29, 1.82) is 0 Å². The molecule has 0 saturated carbocycles. The van der Waals surface area contributed by atoms with Crippen LogP contribution in [0.4, 0.5) is 0 Å². The second-order valence-electron chi connectivity index (χ2n) is 8.35. The van der Waals surface area contributed by atoms with Gasteiger partial charge in [-0.3, -0.25) is 14.2 Å². The Morgan fingerprint density at radius 2 is 1.87 bits per heavy atom. The Labute approximate surface area is 185 Å². The third kappa shape index (κ3) is 4.68. The van der Waals surface area contributed by atoms with Gasteiger partial charge in [-0.05, 0) is 30.4 Å². The van der Waals surface area contributed by atoms with Gasteiger partial charge in [-0.2, -0.15) is 0 Å². The summed E-state index contributed by atoms with van der Waals surface area (Å²) in [6, 6.07) is 7.77. The number of nitrogens with zero attached hydrogens (tertiary/aromatic N) is 2. The zero-order valence-corrected chi connectivity index (χ0v) is 20.0. The maximum absolute atomic E-state index is 13.1. The Morgan fingerprint density at radius 3 is 2.47 bits per heavy atom. The number of ether oxygens (including phenoxy) is 1. The van der Waals surface area contributed by atoms with Gasteiger partial charge in [0.05, 0.1) is 24.3 Å². The number of benzene rings is 1. The first kappa shape index (κ1) is 22.7. The lowest BCUT2D eigenvalue weighted by Crippen LogP contribution is -2.25. The highest BCUT2D eigenvalue weighted by atomic mass is 32.2. The molecule has 0 saturated heterocycles. The fraction of sp³-hybridized carbons (Fsp3) is 0.435. The lowest BCUT2D eigenvalue weighted by molar-refractivity contribution is 0.102. The zero-order valence-electron chi connectivity index (χ0n) is 18.4. The van der Waals surface area contributed by atoms with Crippen molar-refractivity contribution in [3.63, 3.8) is 0 Å². The number of hydrogen-bond acceptors (Lipinski definition) is 6. The molecule has 0 amide bonds. The molecular weight excluding hydrogens is 416 g/mol. The first-order valence-electron chi connectivity index (χ1n) is 9.89. The first-order valence-corrected chi connectivity index (χ1v) is 11.7. The molecule has 30 heavy (non-hydrogen) atoms. The van der Waals surface area contributed by atoms with E-state index in [0.717, 1.165) is 15.3 Å². The van der Waals surface area contributed by atoms with Crippen LogP contribution in [-0.4, -0.2) is 34.8 Å². The highest BCUT2D eigenvalue weighted by Gasteiger charge is 2.19. The molecule has 3 aromatic rings. The number of thiophene rings is 1. The Morgan fingerprint density at radius 1 is 1.20 bits per heavy atom. The summed E-state index contributed by atoms with van der Waals surface area (Å²) < 4.78 is 6.81. The fourth-order valence-electron chi connectivity index (χ4n) is 3.17. The highest BCUT2D eigenvalue weighted by Crippen LogP contribution is 2.29. The zero-order chi connectivity index (χ0) is 22.1. The van der Waals surface area contributed by atoms with Gasteiger partial charge in [0.2, 0.25) is 0 Å². The van der Waals surface area contributed by atoms with Crippen molar-refractivity contribution in [1.82, 2.24) is 9.55 Å². The normalized spacial score (nSPS) is 11.9. The molecule has 0 spiro atoms. The number of methoxy groups -OCH3 is 1. The maximum Gasteiger partial charge on any atom is 0.263 e. The van der Waals surface area contributed by atoms with Crippen LogP contribution in [0.5, 0.6) is 0 Å². The van der Waals surface area contributed by atoms with Crippen LogP contribution in [-0.2, 0) is 16.7 Å². The molecule has 0 N–H and O–H groups in total. The van der Waals surface area contributed by atoms with Gasteiger partial charge >= 0.3 is 0 Å². The number of aryl methyl sites for hydroxylation is 2. The number of carbonyl (C=O) groups excluding carboxylic acids is 1. The van der Waals surface area contributed by atoms with Crippen molar-refractivity contribution >= 4 is 39.1 Å². The van der Waals surface area contributed by atoms with E-state index in [1.54, 1.807) is 11.7 Å². The molecule has 0 radical (unpaired) electrons. The van der Waals surface area contributed by atoms with E-state index >= 15 is 0 Å². The van der Waals surface area contributed by atoms with E-state index in [1.807, 2.05) is 38.1 Å². The van der Waals surface area contributed by atoms with E-state index in [9.17, 15) is 9.59 Å². The van der Waals surface area contributed by atoms with E-state index in [4.69, 9.17) is 9.72 Å². The smallest absolute Gasteiger partial charge is 0.263 e. The number of carbonyl (C=O) groups is 1. The minimum atomic E-state index is -0.0663. The first-order chi connectivity index (χ1) is 14.1. The Hall–Kier alpha value is -1.96. The van der Waals surface area contributed by atoms with Gasteiger partial charge in [-0.15, -0.1) is 11.3 Å². The standard InChI is InChI=1S/C23H28N2O3S2/c1-14-15(2)30-20-19(14)21(27)25(11-12-28-6)22(24-20)29-13-18(26)16-7-9-17(10-8-16)23(3,4)5/h7-10H,11-13H2,1-6H3. The SMILES string of the molecule is COCCn1c(SCC(=O)c2ccc(C(C)(C)C)cc2)nc2sc(C)c(C)c2c1=O. The van der Waals surface area contributed by atoms with Crippen LogP contribution in [0.3, 0.4) is 0 Å². The van der Waals surface area contributed by atoms with Crippen LogP contribution >= 0.6 is 23.1 Å². The molecule has 0 aliphatic rings. The van der Waals surface area contributed by atoms with Gasteiger partial charge < -0.3 is 4.74 Å². The molecular formula is C23H28N2O3S2. The highest BCUT2D eigenvalue weighted by molar-refractivity contribution is 7.99. The number of rotatable bonds is 7. The van der Waals surface area contributed by atoms with Crippen molar-refractivity contribution < 1.29 is 9.53 Å². The van der Waals surface area contributed by atoms with Gasteiger partial charge in [0.25, 0.3) is 5.56 Å². The van der Waals surface area contributed by atoms with Gasteiger partial charge in [-0.25, -0.2) is 4.98 Å². The van der Waals surface area contributed by atoms with Crippen LogP contribution in [0, 0.1) is 13.8 Å². The third-order valence-corrected chi connectivity index (χ3v) is 7.26. The summed E-state index contributed by atoms with van der Waals surface area (Å²) in [5.41, 5.74) is 2.82. The van der Waals surface area contributed by atoms with E-state index < -0.39 is 0 Å². The minimum absolute atomic E-state index is 0.0200. The average Bonchev–Trinajstić information content (AvgIpc) is 2.98. The van der Waals surface area contributed by atoms with E-state index in [1.165, 1.54) is 28.7 Å². The van der Waals surface area contributed by atoms with Crippen LogP contribution in [0.15, 0.2) is 34.2 Å². The lowest BCUT2D eigenvalue weighted by atomic mass is 9.86. The molecule has 160 valence electrons. The maximum atomic E-state index is 13.1. The Bertz CT molecular complexity index is 1120. The number of ketones is 1. The summed E-state index contributed by atoms with van der Waals surface area (Å²) in [5.74, 6) is 0.245. The third-order valence-electron chi connectivity index (χ3n) is 5.18. The summed E-state index contributed by atoms with van der Waals surface area (Å²) in [7, 11) is 1.61. The predicted octanol–water partition coefficient (Wildman–Crippen LogP) is 4.99. The van der Waals surface area contributed by atoms with Crippen molar-refractivity contribution in [2.75, 3.05) is 19.5 Å². The van der Waals surface area contributed by atoms with Crippen molar-refractivity contribution in [2.45, 2.75) is 51.7 Å². The molecule has 0 aliphatic carbocycles. The van der Waals surface area contributed by atoms with Crippen molar-refractivity contribution in [3.05, 3.63) is 56.2 Å². The van der Waals surface area contributed by atoms with Crippen molar-refractivity contribution in [3.8, 4) is 0 Å². The quantitative estimate of drug-likeness (QED) is 0.292. The van der Waals surface area contributed by atoms with Crippen LogP contribution in [0.25, 0.3) is 10.2 Å². The van der Waals surface area contributed by atoms with Gasteiger partial charge in [0, 0.05) is 17.6 Å². The molecule has 2 aromatic heterocycles. The summed E-state index contributed by atoms with van der Waals surface area (Å²) in [6.07, 6.45) is 0. The largest absolute Gasteiger partial charge is 0.383 e. The second-order valence-corrected chi connectivity index (χ2v) is 10.5. The summed E-state index contributed by atoms with van der Waals surface area (Å²) in [6.45, 7) is 11.2. The lowest BCUT2D eigenvalue weighted by Gasteiger charge is -2.19. The van der Waals surface area contributed by atoms with Gasteiger partial charge in [0.15, 0.2) is 10.9 Å². The number of hydrogen-bond donors (Lipinski definition) is 0. The van der Waals surface area contributed by atoms with Crippen LogP contribution < -0.4 is 5.56 Å². The molecule has 2 heterocycles. The molecule has 5 nitrogen and oxygen atoms in total. The summed E-state index contributed by atoms with van der Waals surface area (Å²) >= 11 is 2.83. The second kappa shape index (κ2) is 9.04. The van der Waals surface area contributed by atoms with E-state index in [0.29, 0.717) is 29.3 Å². The molecule has 0 bridgehead atoms. The van der Waals surface area contributed by atoms with E-state index in [-0.39, 0.29) is 22.5 Å². The molecule has 7 heteroatoms. The molecule has 0 fully saturated rings. The molecule has 0 atom stereocenters. The Kier molecular flexibility index (Phi) is 6.84. The number of fused-ring (bicyclic) bond motifs is 1. The fourth-order valence-corrected chi connectivity index (χ4v) is 5.16. The van der Waals surface area contributed by atoms with Crippen molar-refractivity contribution in [2.24, 2.45) is 0 Å². The monoisotopic (exact) mass is 444 g/mol. The topological polar surface area (TPSA) is 61.2 Å². The molecule has 1 aromatic carbocycles. The number of aromatic nitrogens is 2. The summed E-state index contributed by atoms with van der Waals surface area (Å²) in [5, 5.41) is 1.23. The minimum Gasteiger partial charge on any atom is -0.383 e. The van der Waals surface area contributed by atoms with Gasteiger partial charge in [-0.1, -0.05) is 56.8 Å². The van der Waals surface area contributed by atoms with E-state index in [2.05, 4.69) is 20.8 Å². The molecule has 3 rings (SSSR count). The molecule has 0 aliphatic heterocycles. The Balaban J connectivity index is 1.87. The molecule has 0 unspecified atom stereocenters. The average molecular weight is 445 g/mol. The van der Waals surface area contributed by atoms with Crippen LogP contribution in [0.2, 0.25) is 0 Å². The number of Topliss-reactive ketones (excluding diaryl/α,β-unsaturated/α-hetero) is 1. The van der Waals surface area contributed by atoms with Gasteiger partial charge in [0.1, 0.15) is 4.83 Å². The summed E-state index contributed by atoms with van der Waals surface area (Å²) in [4.78, 5) is 32.4. The number of thioether (sulfide) groups is 1. The van der Waals surface area contributed by atoms with Crippen LogP contribution in [0.1, 0.15) is 47.1 Å². The predicted molar refractivity (Wildman–Crippen MR) is 125 cm³/mol.